The van der Waals surface area contributed by atoms with Gasteiger partial charge in [-0.15, -0.1) is 0 Å². The van der Waals surface area contributed by atoms with Crippen LogP contribution in [0.1, 0.15) is 24.6 Å². The van der Waals surface area contributed by atoms with Crippen LogP contribution in [0, 0.1) is 12.8 Å². The highest BCUT2D eigenvalue weighted by Crippen LogP contribution is 2.25. The van der Waals surface area contributed by atoms with Crippen molar-refractivity contribution in [3.8, 4) is 0 Å². The van der Waals surface area contributed by atoms with Crippen LogP contribution in [-0.4, -0.2) is 27.9 Å². The fourth-order valence-corrected chi connectivity index (χ4v) is 1.94. The van der Waals surface area contributed by atoms with Crippen LogP contribution in [0.2, 0.25) is 0 Å². The van der Waals surface area contributed by atoms with Crippen molar-refractivity contribution < 1.29 is 9.84 Å². The van der Waals surface area contributed by atoms with E-state index in [1.54, 1.807) is 13.1 Å². The third-order valence-electron chi connectivity index (χ3n) is 3.09. The lowest BCUT2D eigenvalue weighted by Crippen LogP contribution is -2.34. The molecule has 2 rings (SSSR count). The van der Waals surface area contributed by atoms with Crippen LogP contribution >= 0.6 is 0 Å². The lowest BCUT2D eigenvalue weighted by molar-refractivity contribution is -0.0709. The SMILES string of the molecule is Cc1cn(C2CCC(CO)CO2)c(=O)nc1N. The number of nitrogens with zero attached hydrogens (tertiary/aromatic N) is 2. The summed E-state index contributed by atoms with van der Waals surface area (Å²) < 4.78 is 7.04. The van der Waals surface area contributed by atoms with Crippen LogP contribution in [0.4, 0.5) is 5.82 Å². The summed E-state index contributed by atoms with van der Waals surface area (Å²) in [5.41, 5.74) is 5.94. The molecule has 1 aliphatic heterocycles. The highest BCUT2D eigenvalue weighted by molar-refractivity contribution is 5.35. The standard InChI is InChI=1S/C11H17N3O3/c1-7-4-14(11(16)13-10(7)12)9-3-2-8(5-15)6-17-9/h4,8-9,15H,2-3,5-6H2,1H3,(H2,12,13,16). The van der Waals surface area contributed by atoms with Crippen molar-refractivity contribution >= 4 is 5.82 Å². The van der Waals surface area contributed by atoms with Gasteiger partial charge in [0.1, 0.15) is 12.0 Å². The van der Waals surface area contributed by atoms with Crippen LogP contribution in [0.15, 0.2) is 11.0 Å². The van der Waals surface area contributed by atoms with E-state index in [0.717, 1.165) is 12.0 Å². The van der Waals surface area contributed by atoms with E-state index in [4.69, 9.17) is 15.6 Å². The fraction of sp³-hybridized carbons (Fsp3) is 0.636. The predicted molar refractivity (Wildman–Crippen MR) is 62.4 cm³/mol. The van der Waals surface area contributed by atoms with E-state index < -0.39 is 0 Å². The molecule has 3 N–H and O–H groups in total. The summed E-state index contributed by atoms with van der Waals surface area (Å²) in [6, 6.07) is 0. The van der Waals surface area contributed by atoms with Gasteiger partial charge < -0.3 is 15.6 Å². The number of anilines is 1. The second kappa shape index (κ2) is 4.85. The second-order valence-corrected chi connectivity index (χ2v) is 4.41. The van der Waals surface area contributed by atoms with Gasteiger partial charge in [-0.25, -0.2) is 4.79 Å². The summed E-state index contributed by atoms with van der Waals surface area (Å²) in [6.45, 7) is 2.40. The Labute approximate surface area is 99.0 Å². The number of aromatic nitrogens is 2. The fourth-order valence-electron chi connectivity index (χ4n) is 1.94. The molecule has 2 atom stereocenters. The Hall–Kier alpha value is -1.40. The van der Waals surface area contributed by atoms with Crippen LogP contribution in [0.3, 0.4) is 0 Å². The van der Waals surface area contributed by atoms with Gasteiger partial charge in [-0.2, -0.15) is 4.98 Å². The summed E-state index contributed by atoms with van der Waals surface area (Å²) in [5, 5.41) is 9.01. The summed E-state index contributed by atoms with van der Waals surface area (Å²) in [4.78, 5) is 15.4. The largest absolute Gasteiger partial charge is 0.396 e. The van der Waals surface area contributed by atoms with Crippen molar-refractivity contribution in [3.05, 3.63) is 22.2 Å². The topological polar surface area (TPSA) is 90.4 Å². The Morgan fingerprint density at radius 3 is 3.00 bits per heavy atom. The van der Waals surface area contributed by atoms with Gasteiger partial charge in [-0.05, 0) is 19.8 Å². The Kier molecular flexibility index (Phi) is 3.44. The molecule has 0 amide bonds. The van der Waals surface area contributed by atoms with Crippen molar-refractivity contribution in [1.29, 1.82) is 0 Å². The average molecular weight is 239 g/mol. The molecular weight excluding hydrogens is 222 g/mol. The third-order valence-corrected chi connectivity index (χ3v) is 3.09. The number of nitrogen functional groups attached to an aromatic ring is 1. The van der Waals surface area contributed by atoms with Crippen molar-refractivity contribution in [2.24, 2.45) is 5.92 Å². The Bertz CT molecular complexity index is 450. The molecule has 6 nitrogen and oxygen atoms in total. The van der Waals surface area contributed by atoms with Crippen LogP contribution in [0.5, 0.6) is 0 Å². The minimum absolute atomic E-state index is 0.126. The van der Waals surface area contributed by atoms with Crippen molar-refractivity contribution in [3.63, 3.8) is 0 Å². The minimum atomic E-state index is -0.388. The number of aliphatic hydroxyl groups is 1. The first-order valence-electron chi connectivity index (χ1n) is 5.69. The number of rotatable bonds is 2. The number of ether oxygens (including phenoxy) is 1. The zero-order valence-corrected chi connectivity index (χ0v) is 9.80. The number of hydrogen-bond acceptors (Lipinski definition) is 5. The Morgan fingerprint density at radius 2 is 2.41 bits per heavy atom. The van der Waals surface area contributed by atoms with Crippen molar-refractivity contribution in [2.45, 2.75) is 26.0 Å². The molecule has 1 aliphatic rings. The Balaban J connectivity index is 2.19. The normalized spacial score (nSPS) is 24.8. The van der Waals surface area contributed by atoms with Crippen LogP contribution < -0.4 is 11.4 Å². The molecule has 0 spiro atoms. The highest BCUT2D eigenvalue weighted by Gasteiger charge is 2.23. The van der Waals surface area contributed by atoms with Gasteiger partial charge in [-0.3, -0.25) is 4.57 Å². The molecular formula is C11H17N3O3. The molecule has 0 radical (unpaired) electrons. The van der Waals surface area contributed by atoms with E-state index in [9.17, 15) is 4.79 Å². The smallest absolute Gasteiger partial charge is 0.351 e. The van der Waals surface area contributed by atoms with E-state index in [1.807, 2.05) is 0 Å². The zero-order valence-electron chi connectivity index (χ0n) is 9.80. The van der Waals surface area contributed by atoms with Crippen molar-refractivity contribution in [2.75, 3.05) is 18.9 Å². The summed E-state index contributed by atoms with van der Waals surface area (Å²) in [6.07, 6.45) is 2.93. The molecule has 2 unspecified atom stereocenters. The third kappa shape index (κ3) is 2.48. The second-order valence-electron chi connectivity index (χ2n) is 4.41. The molecule has 94 valence electrons. The maximum atomic E-state index is 11.7. The summed E-state index contributed by atoms with van der Waals surface area (Å²) in [7, 11) is 0. The quantitative estimate of drug-likeness (QED) is 0.761. The van der Waals surface area contributed by atoms with Gasteiger partial charge >= 0.3 is 5.69 Å². The van der Waals surface area contributed by atoms with E-state index in [-0.39, 0.29) is 30.3 Å². The van der Waals surface area contributed by atoms with Gasteiger partial charge in [0.15, 0.2) is 0 Å². The monoisotopic (exact) mass is 239 g/mol. The van der Waals surface area contributed by atoms with Crippen molar-refractivity contribution in [1.82, 2.24) is 9.55 Å². The summed E-state index contributed by atoms with van der Waals surface area (Å²) in [5.74, 6) is 0.431. The lowest BCUT2D eigenvalue weighted by Gasteiger charge is -2.29. The van der Waals surface area contributed by atoms with Gasteiger partial charge in [0.25, 0.3) is 0 Å². The first-order valence-corrected chi connectivity index (χ1v) is 5.69. The molecule has 0 saturated carbocycles. The molecule has 1 aromatic rings. The molecule has 2 heterocycles. The Morgan fingerprint density at radius 1 is 1.65 bits per heavy atom. The average Bonchev–Trinajstić information content (AvgIpc) is 2.34. The molecule has 17 heavy (non-hydrogen) atoms. The minimum Gasteiger partial charge on any atom is -0.396 e. The molecule has 1 saturated heterocycles. The summed E-state index contributed by atoms with van der Waals surface area (Å²) >= 11 is 0. The first-order chi connectivity index (χ1) is 8.11. The van der Waals surface area contributed by atoms with Gasteiger partial charge in [0.2, 0.25) is 0 Å². The molecule has 0 aromatic carbocycles. The van der Waals surface area contributed by atoms with E-state index in [1.165, 1.54) is 4.57 Å². The van der Waals surface area contributed by atoms with E-state index >= 15 is 0 Å². The maximum absolute atomic E-state index is 11.7. The molecule has 0 aliphatic carbocycles. The van der Waals surface area contributed by atoms with Gasteiger partial charge in [0.05, 0.1) is 6.61 Å². The maximum Gasteiger partial charge on any atom is 0.351 e. The predicted octanol–water partition coefficient (Wildman–Crippen LogP) is 0.0514. The molecule has 0 bridgehead atoms. The number of aliphatic hydroxyl groups excluding tert-OH is 1. The molecule has 1 aromatic heterocycles. The molecule has 1 fully saturated rings. The van der Waals surface area contributed by atoms with Crippen LogP contribution in [-0.2, 0) is 4.74 Å². The van der Waals surface area contributed by atoms with Gasteiger partial charge in [0, 0.05) is 24.3 Å². The first kappa shape index (κ1) is 12.1. The number of nitrogens with two attached hydrogens (primary N) is 1. The lowest BCUT2D eigenvalue weighted by atomic mass is 10.0. The zero-order chi connectivity index (χ0) is 12.4. The number of aryl methyl sites for hydroxylation is 1. The van der Waals surface area contributed by atoms with E-state index in [0.29, 0.717) is 13.0 Å². The van der Waals surface area contributed by atoms with Crippen LogP contribution in [0.25, 0.3) is 0 Å². The van der Waals surface area contributed by atoms with E-state index in [2.05, 4.69) is 4.98 Å². The highest BCUT2D eigenvalue weighted by atomic mass is 16.5. The van der Waals surface area contributed by atoms with Gasteiger partial charge in [-0.1, -0.05) is 0 Å². The molecule has 6 heteroatoms. The number of hydrogen-bond donors (Lipinski definition) is 2.